The first-order valence-corrected chi connectivity index (χ1v) is 8.36. The van der Waals surface area contributed by atoms with Gasteiger partial charge in [-0.3, -0.25) is 9.78 Å². The highest BCUT2D eigenvalue weighted by Crippen LogP contribution is 2.24. The molecule has 0 saturated carbocycles. The lowest BCUT2D eigenvalue weighted by atomic mass is 9.86. The number of hydrogen-bond acceptors (Lipinski definition) is 6. The van der Waals surface area contributed by atoms with Gasteiger partial charge in [0, 0.05) is 22.2 Å². The first-order valence-electron chi connectivity index (χ1n) is 8.36. The molecule has 0 saturated heterocycles. The third-order valence-corrected chi connectivity index (χ3v) is 4.02. The number of benzene rings is 2. The van der Waals surface area contributed by atoms with E-state index in [0.717, 1.165) is 0 Å². The van der Waals surface area contributed by atoms with Crippen molar-refractivity contribution in [2.45, 2.75) is 27.0 Å². The zero-order valence-electron chi connectivity index (χ0n) is 15.0. The first-order chi connectivity index (χ1) is 12.2. The number of anilines is 2. The van der Waals surface area contributed by atoms with E-state index in [9.17, 15) is 9.90 Å². The molecule has 4 N–H and O–H groups in total. The van der Waals surface area contributed by atoms with E-state index >= 15 is 0 Å². The van der Waals surface area contributed by atoms with Gasteiger partial charge in [-0.15, -0.1) is 0 Å². The van der Waals surface area contributed by atoms with Crippen LogP contribution in [0, 0.1) is 5.41 Å². The molecule has 1 heterocycles. The second-order valence-electron chi connectivity index (χ2n) is 7.25. The predicted octanol–water partition coefficient (Wildman–Crippen LogP) is 3.54. The fourth-order valence-corrected chi connectivity index (χ4v) is 2.56. The van der Waals surface area contributed by atoms with Crippen molar-refractivity contribution in [3.05, 3.63) is 59.8 Å². The Labute approximate surface area is 152 Å². The van der Waals surface area contributed by atoms with Crippen molar-refractivity contribution in [2.24, 2.45) is 5.41 Å². The van der Waals surface area contributed by atoms with Gasteiger partial charge in [0.2, 0.25) is 0 Å². The van der Waals surface area contributed by atoms with Gasteiger partial charge in [-0.25, -0.2) is 4.98 Å². The minimum absolute atomic E-state index is 0.0576. The minimum atomic E-state index is -0.927. The van der Waals surface area contributed by atoms with E-state index in [-0.39, 0.29) is 5.78 Å². The van der Waals surface area contributed by atoms with Gasteiger partial charge in [-0.1, -0.05) is 32.9 Å². The van der Waals surface area contributed by atoms with Crippen LogP contribution in [0.2, 0.25) is 0 Å². The molecular formula is C20H22N4O2. The van der Waals surface area contributed by atoms with Crippen LogP contribution >= 0.6 is 0 Å². The quantitative estimate of drug-likeness (QED) is 0.378. The van der Waals surface area contributed by atoms with Crippen LogP contribution < -0.4 is 11.1 Å². The third-order valence-electron chi connectivity index (χ3n) is 4.02. The molecule has 0 amide bonds. The summed E-state index contributed by atoms with van der Waals surface area (Å²) < 4.78 is 0. The Hall–Kier alpha value is -2.99. The molecule has 6 nitrogen and oxygen atoms in total. The molecule has 1 atom stereocenters. The van der Waals surface area contributed by atoms with Gasteiger partial charge < -0.3 is 16.2 Å². The second kappa shape index (κ2) is 6.72. The summed E-state index contributed by atoms with van der Waals surface area (Å²) in [5.41, 5.74) is 8.39. The van der Waals surface area contributed by atoms with Gasteiger partial charge in [-0.2, -0.15) is 0 Å². The first kappa shape index (κ1) is 17.8. The number of hydrogen-bond donors (Lipinski definition) is 3. The van der Waals surface area contributed by atoms with E-state index in [4.69, 9.17) is 5.73 Å². The molecule has 0 aliphatic heterocycles. The second-order valence-corrected chi connectivity index (χ2v) is 7.25. The molecule has 1 unspecified atom stereocenters. The number of carbonyl (C=O) groups is 1. The molecule has 6 heteroatoms. The van der Waals surface area contributed by atoms with E-state index in [1.807, 2.05) is 20.8 Å². The summed E-state index contributed by atoms with van der Waals surface area (Å²) in [5, 5.41) is 13.2. The summed E-state index contributed by atoms with van der Waals surface area (Å²) in [4.78, 5) is 21.2. The molecule has 26 heavy (non-hydrogen) atoms. The monoisotopic (exact) mass is 350 g/mol. The maximum absolute atomic E-state index is 12.4. The van der Waals surface area contributed by atoms with Gasteiger partial charge in [0.05, 0.1) is 17.2 Å². The number of aliphatic hydroxyl groups is 1. The van der Waals surface area contributed by atoms with Crippen molar-refractivity contribution in [1.82, 2.24) is 9.97 Å². The van der Waals surface area contributed by atoms with Crippen LogP contribution in [0.5, 0.6) is 0 Å². The molecule has 3 rings (SSSR count). The molecule has 2 aromatic carbocycles. The number of nitrogens with zero attached hydrogens (tertiary/aromatic N) is 2. The Kier molecular flexibility index (Phi) is 4.61. The molecular weight excluding hydrogens is 328 g/mol. The van der Waals surface area contributed by atoms with E-state index in [2.05, 4.69) is 15.3 Å². The van der Waals surface area contributed by atoms with Crippen LogP contribution in [0.15, 0.2) is 48.7 Å². The smallest absolute Gasteiger partial charge is 0.168 e. The Morgan fingerprint density at radius 1 is 1.12 bits per heavy atom. The van der Waals surface area contributed by atoms with Gasteiger partial charge in [-0.05, 0) is 30.3 Å². The van der Waals surface area contributed by atoms with E-state index < -0.39 is 11.6 Å². The number of ketones is 1. The standard InChI is InChI=1S/C20H22N4O2/c1-20(2,3)18(25)13-6-9-15-16(10-13)22-11-17(23-15)24-19(26)12-4-7-14(21)8-5-12/h4-11,19,26H,21H2,1-3H3,(H,23,24). The topological polar surface area (TPSA) is 101 Å². The number of aromatic nitrogens is 2. The highest BCUT2D eigenvalue weighted by molar-refractivity contribution is 6.02. The average Bonchev–Trinajstić information content (AvgIpc) is 2.60. The number of aliphatic hydroxyl groups excluding tert-OH is 1. The molecule has 0 fully saturated rings. The number of rotatable bonds is 4. The van der Waals surface area contributed by atoms with Gasteiger partial charge in [0.15, 0.2) is 12.0 Å². The van der Waals surface area contributed by atoms with Gasteiger partial charge in [0.25, 0.3) is 0 Å². The lowest BCUT2D eigenvalue weighted by Gasteiger charge is -2.17. The third kappa shape index (κ3) is 3.81. The molecule has 0 bridgehead atoms. The van der Waals surface area contributed by atoms with Crippen molar-refractivity contribution in [3.8, 4) is 0 Å². The van der Waals surface area contributed by atoms with Gasteiger partial charge >= 0.3 is 0 Å². The summed E-state index contributed by atoms with van der Waals surface area (Å²) >= 11 is 0. The van der Waals surface area contributed by atoms with Crippen molar-refractivity contribution in [2.75, 3.05) is 11.1 Å². The zero-order chi connectivity index (χ0) is 18.9. The highest BCUT2D eigenvalue weighted by Gasteiger charge is 2.23. The lowest BCUT2D eigenvalue weighted by Crippen LogP contribution is -2.20. The van der Waals surface area contributed by atoms with E-state index in [1.165, 1.54) is 6.20 Å². The summed E-state index contributed by atoms with van der Waals surface area (Å²) in [6.45, 7) is 5.66. The molecule has 134 valence electrons. The Bertz CT molecular complexity index is 946. The number of nitrogen functional groups attached to an aromatic ring is 1. The summed E-state index contributed by atoms with van der Waals surface area (Å²) in [6, 6.07) is 12.2. The largest absolute Gasteiger partial charge is 0.399 e. The van der Waals surface area contributed by atoms with Crippen LogP contribution in [-0.4, -0.2) is 20.9 Å². The number of Topliss-reactive ketones (excluding diaryl/α,β-unsaturated/α-hetero) is 1. The lowest BCUT2D eigenvalue weighted by molar-refractivity contribution is 0.0858. The van der Waals surface area contributed by atoms with Crippen molar-refractivity contribution in [1.29, 1.82) is 0 Å². The summed E-state index contributed by atoms with van der Waals surface area (Å²) in [6.07, 6.45) is 0.609. The van der Waals surface area contributed by atoms with Crippen molar-refractivity contribution < 1.29 is 9.90 Å². The van der Waals surface area contributed by atoms with Crippen LogP contribution in [0.3, 0.4) is 0 Å². The van der Waals surface area contributed by atoms with E-state index in [0.29, 0.717) is 33.7 Å². The molecule has 0 aliphatic rings. The molecule has 0 spiro atoms. The fraction of sp³-hybridized carbons (Fsp3) is 0.250. The highest BCUT2D eigenvalue weighted by atomic mass is 16.3. The molecule has 1 aromatic heterocycles. The number of fused-ring (bicyclic) bond motifs is 1. The molecule has 0 radical (unpaired) electrons. The minimum Gasteiger partial charge on any atom is -0.399 e. The summed E-state index contributed by atoms with van der Waals surface area (Å²) in [5.74, 6) is 0.499. The normalized spacial score (nSPS) is 12.8. The molecule has 0 aliphatic carbocycles. The fourth-order valence-electron chi connectivity index (χ4n) is 2.56. The van der Waals surface area contributed by atoms with Crippen molar-refractivity contribution in [3.63, 3.8) is 0 Å². The Morgan fingerprint density at radius 3 is 2.46 bits per heavy atom. The van der Waals surface area contributed by atoms with Crippen LogP contribution in [-0.2, 0) is 0 Å². The number of nitrogens with one attached hydrogen (secondary N) is 1. The number of carbonyl (C=O) groups excluding carboxylic acids is 1. The summed E-state index contributed by atoms with van der Waals surface area (Å²) in [7, 11) is 0. The van der Waals surface area contributed by atoms with Crippen LogP contribution in [0.1, 0.15) is 42.9 Å². The van der Waals surface area contributed by atoms with Crippen LogP contribution in [0.4, 0.5) is 11.5 Å². The maximum atomic E-state index is 12.4. The van der Waals surface area contributed by atoms with Crippen molar-refractivity contribution >= 4 is 28.3 Å². The maximum Gasteiger partial charge on any atom is 0.168 e. The predicted molar refractivity (Wildman–Crippen MR) is 103 cm³/mol. The SMILES string of the molecule is CC(C)(C)C(=O)c1ccc2nc(NC(O)c3ccc(N)cc3)cnc2c1. The average molecular weight is 350 g/mol. The molecule has 3 aromatic rings. The van der Waals surface area contributed by atoms with Crippen LogP contribution in [0.25, 0.3) is 11.0 Å². The van der Waals surface area contributed by atoms with E-state index in [1.54, 1.807) is 42.5 Å². The zero-order valence-corrected chi connectivity index (χ0v) is 15.0. The Morgan fingerprint density at radius 2 is 1.81 bits per heavy atom. The number of nitrogens with two attached hydrogens (primary N) is 1. The van der Waals surface area contributed by atoms with Gasteiger partial charge in [0.1, 0.15) is 5.82 Å². The Balaban J connectivity index is 1.83.